The highest BCUT2D eigenvalue weighted by atomic mass is 16.4. The Balaban J connectivity index is 5.03. The number of rotatable bonds is 11. The molecule has 0 saturated heterocycles. The van der Waals surface area contributed by atoms with Gasteiger partial charge in [0.15, 0.2) is 5.78 Å². The molecule has 0 aliphatic heterocycles. The second-order valence-corrected chi connectivity index (χ2v) is 6.45. The van der Waals surface area contributed by atoms with E-state index in [1.165, 1.54) is 0 Å². The van der Waals surface area contributed by atoms with Crippen LogP contribution in [0.4, 0.5) is 0 Å². The Labute approximate surface area is 131 Å². The molecule has 0 aliphatic rings. The molecule has 0 fully saturated rings. The summed E-state index contributed by atoms with van der Waals surface area (Å²) in [7, 11) is 0. The Kier molecular flexibility index (Phi) is 8.13. The topological polar surface area (TPSA) is 151 Å². The largest absolute Gasteiger partial charge is 0.481 e. The van der Waals surface area contributed by atoms with Crippen molar-refractivity contribution in [1.82, 2.24) is 10.6 Å². The number of carbonyl (C=O) groups excluding carboxylic acids is 1. The van der Waals surface area contributed by atoms with E-state index in [1.807, 2.05) is 0 Å². The van der Waals surface area contributed by atoms with E-state index < -0.39 is 29.4 Å². The SMILES string of the molecule is CC(N)NC(CCC(=O)O)C(=O)C(C)(C)NC(C)(N)CCO. The Hall–Kier alpha value is -1.06. The first kappa shape index (κ1) is 20.9. The van der Waals surface area contributed by atoms with E-state index in [2.05, 4.69) is 10.6 Å². The second-order valence-electron chi connectivity index (χ2n) is 6.45. The molecule has 0 aromatic carbocycles. The number of nitrogens with two attached hydrogens (primary N) is 2. The molecule has 8 nitrogen and oxygen atoms in total. The average molecular weight is 318 g/mol. The van der Waals surface area contributed by atoms with Crippen molar-refractivity contribution in [3.8, 4) is 0 Å². The summed E-state index contributed by atoms with van der Waals surface area (Å²) in [5.41, 5.74) is 9.77. The van der Waals surface area contributed by atoms with E-state index in [-0.39, 0.29) is 31.7 Å². The lowest BCUT2D eigenvalue weighted by Crippen LogP contribution is -2.65. The zero-order chi connectivity index (χ0) is 17.6. The predicted molar refractivity (Wildman–Crippen MR) is 84.0 cm³/mol. The van der Waals surface area contributed by atoms with Crippen LogP contribution in [0.1, 0.15) is 47.0 Å². The van der Waals surface area contributed by atoms with Crippen molar-refractivity contribution in [2.24, 2.45) is 11.5 Å². The van der Waals surface area contributed by atoms with Gasteiger partial charge in [-0.2, -0.15) is 0 Å². The number of hydrogen-bond acceptors (Lipinski definition) is 7. The Bertz CT molecular complexity index is 383. The third-order valence-electron chi connectivity index (χ3n) is 3.27. The highest BCUT2D eigenvalue weighted by molar-refractivity contribution is 5.92. The lowest BCUT2D eigenvalue weighted by molar-refractivity contribution is -0.137. The molecule has 0 saturated carbocycles. The van der Waals surface area contributed by atoms with E-state index >= 15 is 0 Å². The highest BCUT2D eigenvalue weighted by Crippen LogP contribution is 2.16. The van der Waals surface area contributed by atoms with Crippen LogP contribution >= 0.6 is 0 Å². The summed E-state index contributed by atoms with van der Waals surface area (Å²) >= 11 is 0. The van der Waals surface area contributed by atoms with Gasteiger partial charge in [-0.1, -0.05) is 0 Å². The van der Waals surface area contributed by atoms with Crippen LogP contribution in [-0.4, -0.2) is 52.0 Å². The number of hydrogen-bond donors (Lipinski definition) is 6. The molecule has 0 aromatic heterocycles. The maximum Gasteiger partial charge on any atom is 0.303 e. The lowest BCUT2D eigenvalue weighted by Gasteiger charge is -2.38. The number of carboxylic acids is 1. The molecule has 3 atom stereocenters. The molecular formula is C14H30N4O4. The van der Waals surface area contributed by atoms with E-state index in [0.29, 0.717) is 0 Å². The third-order valence-corrected chi connectivity index (χ3v) is 3.27. The second kappa shape index (κ2) is 8.54. The van der Waals surface area contributed by atoms with E-state index in [0.717, 1.165) is 0 Å². The summed E-state index contributed by atoms with van der Waals surface area (Å²) < 4.78 is 0. The molecule has 0 amide bonds. The van der Waals surface area contributed by atoms with Crippen molar-refractivity contribution in [2.75, 3.05) is 6.61 Å². The Morgan fingerprint density at radius 2 is 1.82 bits per heavy atom. The van der Waals surface area contributed by atoms with Gasteiger partial charge in [-0.05, 0) is 34.1 Å². The van der Waals surface area contributed by atoms with Crippen molar-refractivity contribution in [3.05, 3.63) is 0 Å². The number of carbonyl (C=O) groups is 2. The molecule has 0 spiro atoms. The zero-order valence-electron chi connectivity index (χ0n) is 13.8. The minimum absolute atomic E-state index is 0.106. The predicted octanol–water partition coefficient (Wildman–Crippen LogP) is -0.891. The van der Waals surface area contributed by atoms with Crippen LogP contribution in [0.25, 0.3) is 0 Å². The van der Waals surface area contributed by atoms with Gasteiger partial charge in [-0.15, -0.1) is 0 Å². The molecule has 3 unspecified atom stereocenters. The van der Waals surface area contributed by atoms with Gasteiger partial charge in [0.25, 0.3) is 0 Å². The van der Waals surface area contributed by atoms with Gasteiger partial charge in [0, 0.05) is 19.4 Å². The molecule has 0 rings (SSSR count). The van der Waals surface area contributed by atoms with Crippen molar-refractivity contribution in [1.29, 1.82) is 0 Å². The van der Waals surface area contributed by atoms with Crippen LogP contribution in [-0.2, 0) is 9.59 Å². The summed E-state index contributed by atoms with van der Waals surface area (Å²) in [6.45, 7) is 6.61. The molecule has 0 radical (unpaired) electrons. The number of Topliss-reactive ketones (excluding diaryl/α,β-unsaturated/α-hetero) is 1. The van der Waals surface area contributed by atoms with E-state index in [4.69, 9.17) is 21.7 Å². The van der Waals surface area contributed by atoms with Gasteiger partial charge >= 0.3 is 5.97 Å². The zero-order valence-corrected chi connectivity index (χ0v) is 13.8. The van der Waals surface area contributed by atoms with Crippen molar-refractivity contribution >= 4 is 11.8 Å². The first-order valence-electron chi connectivity index (χ1n) is 7.38. The van der Waals surface area contributed by atoms with Gasteiger partial charge < -0.3 is 21.7 Å². The fraction of sp³-hybridized carbons (Fsp3) is 0.857. The lowest BCUT2D eigenvalue weighted by atomic mass is 9.88. The van der Waals surface area contributed by atoms with Gasteiger partial charge in [0.05, 0.1) is 23.4 Å². The molecular weight excluding hydrogens is 288 g/mol. The number of aliphatic carboxylic acids is 1. The first-order chi connectivity index (χ1) is 9.91. The summed E-state index contributed by atoms with van der Waals surface area (Å²) in [4.78, 5) is 23.4. The number of aliphatic hydroxyl groups excluding tert-OH is 1. The Morgan fingerprint density at radius 1 is 1.27 bits per heavy atom. The van der Waals surface area contributed by atoms with Crippen LogP contribution < -0.4 is 22.1 Å². The first-order valence-corrected chi connectivity index (χ1v) is 7.38. The standard InChI is InChI=1S/C14H30N4O4/c1-9(15)17-10(5-6-11(20)21)12(22)13(2,3)18-14(4,16)7-8-19/h9-10,17-19H,5-8,15-16H2,1-4H3,(H,20,21). The molecule has 0 bridgehead atoms. The number of nitrogens with one attached hydrogen (secondary N) is 2. The molecule has 0 aliphatic carbocycles. The number of ketones is 1. The van der Waals surface area contributed by atoms with Crippen LogP contribution in [0.5, 0.6) is 0 Å². The summed E-state index contributed by atoms with van der Waals surface area (Å²) in [5.74, 6) is -1.19. The minimum Gasteiger partial charge on any atom is -0.481 e. The fourth-order valence-corrected chi connectivity index (χ4v) is 2.38. The van der Waals surface area contributed by atoms with Crippen molar-refractivity contribution < 1.29 is 19.8 Å². The molecule has 8 N–H and O–H groups in total. The maximum absolute atomic E-state index is 12.7. The summed E-state index contributed by atoms with van der Waals surface area (Å²) in [6, 6.07) is -0.691. The van der Waals surface area contributed by atoms with Crippen LogP contribution in [0.15, 0.2) is 0 Å². The normalized spacial score (nSPS) is 17.6. The number of aliphatic hydroxyl groups is 1. The molecule has 0 heterocycles. The fourth-order valence-electron chi connectivity index (χ4n) is 2.38. The monoisotopic (exact) mass is 318 g/mol. The van der Waals surface area contributed by atoms with Gasteiger partial charge in [-0.3, -0.25) is 20.2 Å². The average Bonchev–Trinajstić information content (AvgIpc) is 2.31. The number of carboxylic acid groups (broad SMARTS) is 1. The quantitative estimate of drug-likeness (QED) is 0.268. The van der Waals surface area contributed by atoms with Crippen LogP contribution in [0.3, 0.4) is 0 Å². The maximum atomic E-state index is 12.7. The summed E-state index contributed by atoms with van der Waals surface area (Å²) in [6.07, 6.45) is -0.157. The minimum atomic E-state index is -0.996. The molecule has 130 valence electrons. The highest BCUT2D eigenvalue weighted by Gasteiger charge is 2.37. The van der Waals surface area contributed by atoms with Gasteiger partial charge in [0.1, 0.15) is 0 Å². The molecule has 22 heavy (non-hydrogen) atoms. The van der Waals surface area contributed by atoms with Crippen LogP contribution in [0, 0.1) is 0 Å². The van der Waals surface area contributed by atoms with Crippen molar-refractivity contribution in [2.45, 2.75) is 70.4 Å². The Morgan fingerprint density at radius 3 is 2.23 bits per heavy atom. The van der Waals surface area contributed by atoms with Gasteiger partial charge in [0.2, 0.25) is 0 Å². The van der Waals surface area contributed by atoms with E-state index in [1.54, 1.807) is 27.7 Å². The smallest absolute Gasteiger partial charge is 0.303 e. The molecule has 0 aromatic rings. The van der Waals surface area contributed by atoms with E-state index in [9.17, 15) is 9.59 Å². The third kappa shape index (κ3) is 7.81. The van der Waals surface area contributed by atoms with Crippen molar-refractivity contribution in [3.63, 3.8) is 0 Å². The summed E-state index contributed by atoms with van der Waals surface area (Å²) in [5, 5.41) is 23.7. The molecule has 8 heteroatoms. The van der Waals surface area contributed by atoms with Crippen LogP contribution in [0.2, 0.25) is 0 Å². The van der Waals surface area contributed by atoms with Gasteiger partial charge in [-0.25, -0.2) is 0 Å².